The Balaban J connectivity index is 2.10. The first-order chi connectivity index (χ1) is 7.68. The Bertz CT molecular complexity index is 407. The van der Waals surface area contributed by atoms with Crippen molar-refractivity contribution < 1.29 is 14.7 Å². The van der Waals surface area contributed by atoms with Crippen LogP contribution >= 0.6 is 0 Å². The van der Waals surface area contributed by atoms with Crippen molar-refractivity contribution in [1.82, 2.24) is 14.7 Å². The van der Waals surface area contributed by atoms with Gasteiger partial charge in [-0.25, -0.2) is 9.59 Å². The van der Waals surface area contributed by atoms with Crippen LogP contribution in [0.25, 0.3) is 0 Å². The van der Waals surface area contributed by atoms with E-state index < -0.39 is 5.97 Å². The van der Waals surface area contributed by atoms with Crippen molar-refractivity contribution in [2.45, 2.75) is 19.3 Å². The predicted molar refractivity (Wildman–Crippen MR) is 55.4 cm³/mol. The second-order valence-electron chi connectivity index (χ2n) is 3.78. The molecule has 1 amide bonds. The first-order valence-electron chi connectivity index (χ1n) is 5.27. The molecule has 1 aromatic rings. The fourth-order valence-corrected chi connectivity index (χ4v) is 1.77. The van der Waals surface area contributed by atoms with Crippen LogP contribution in [0.3, 0.4) is 0 Å². The van der Waals surface area contributed by atoms with Crippen molar-refractivity contribution in [2.24, 2.45) is 0 Å². The molecule has 6 nitrogen and oxygen atoms in total. The van der Waals surface area contributed by atoms with Crippen molar-refractivity contribution >= 4 is 12.0 Å². The maximum Gasteiger partial charge on any atom is 0.356 e. The normalized spacial score (nSPS) is 16.1. The minimum absolute atomic E-state index is 0.106. The van der Waals surface area contributed by atoms with Crippen LogP contribution in [0.1, 0.15) is 29.8 Å². The van der Waals surface area contributed by atoms with Gasteiger partial charge in [-0.15, -0.1) is 0 Å². The van der Waals surface area contributed by atoms with E-state index >= 15 is 0 Å². The van der Waals surface area contributed by atoms with Gasteiger partial charge in [-0.05, 0) is 25.3 Å². The van der Waals surface area contributed by atoms with Gasteiger partial charge in [-0.3, -0.25) is 0 Å². The Kier molecular flexibility index (Phi) is 2.89. The third-order valence-corrected chi connectivity index (χ3v) is 2.63. The number of piperidine rings is 1. The summed E-state index contributed by atoms with van der Waals surface area (Å²) in [7, 11) is 0. The van der Waals surface area contributed by atoms with E-state index in [4.69, 9.17) is 5.11 Å². The monoisotopic (exact) mass is 223 g/mol. The molecule has 0 aliphatic carbocycles. The van der Waals surface area contributed by atoms with Crippen LogP contribution in [0.15, 0.2) is 12.3 Å². The lowest BCUT2D eigenvalue weighted by atomic mass is 10.1. The topological polar surface area (TPSA) is 75.4 Å². The summed E-state index contributed by atoms with van der Waals surface area (Å²) in [6.45, 7) is 1.45. The number of carbonyl (C=O) groups is 2. The maximum absolute atomic E-state index is 11.9. The summed E-state index contributed by atoms with van der Waals surface area (Å²) in [4.78, 5) is 24.2. The second kappa shape index (κ2) is 4.34. The van der Waals surface area contributed by atoms with E-state index in [9.17, 15) is 9.59 Å². The maximum atomic E-state index is 11.9. The van der Waals surface area contributed by atoms with E-state index in [0.29, 0.717) is 0 Å². The summed E-state index contributed by atoms with van der Waals surface area (Å²) in [5.41, 5.74) is -0.106. The van der Waals surface area contributed by atoms with Crippen LogP contribution in [0.4, 0.5) is 4.79 Å². The number of aromatic nitrogens is 2. The van der Waals surface area contributed by atoms with Gasteiger partial charge in [-0.1, -0.05) is 0 Å². The molecule has 0 spiro atoms. The lowest BCUT2D eigenvalue weighted by Gasteiger charge is -2.25. The number of hydrogen-bond acceptors (Lipinski definition) is 3. The molecule has 1 N–H and O–H groups in total. The summed E-state index contributed by atoms with van der Waals surface area (Å²) in [6.07, 6.45) is 4.53. The SMILES string of the molecule is O=C(O)c1ccn(C(=O)N2CCCCC2)n1. The Morgan fingerprint density at radius 2 is 1.94 bits per heavy atom. The minimum Gasteiger partial charge on any atom is -0.476 e. The Morgan fingerprint density at radius 1 is 1.25 bits per heavy atom. The van der Waals surface area contributed by atoms with Gasteiger partial charge < -0.3 is 10.0 Å². The molecule has 1 aliphatic rings. The van der Waals surface area contributed by atoms with Gasteiger partial charge in [-0.2, -0.15) is 9.78 Å². The van der Waals surface area contributed by atoms with Crippen molar-refractivity contribution in [3.05, 3.63) is 18.0 Å². The van der Waals surface area contributed by atoms with Crippen LogP contribution in [-0.2, 0) is 0 Å². The fourth-order valence-electron chi connectivity index (χ4n) is 1.77. The number of rotatable bonds is 1. The molecule has 1 aliphatic heterocycles. The smallest absolute Gasteiger partial charge is 0.356 e. The van der Waals surface area contributed by atoms with Crippen LogP contribution < -0.4 is 0 Å². The van der Waals surface area contributed by atoms with E-state index in [1.54, 1.807) is 4.90 Å². The largest absolute Gasteiger partial charge is 0.476 e. The molecular formula is C10H13N3O3. The summed E-state index contributed by atoms with van der Waals surface area (Å²) >= 11 is 0. The van der Waals surface area contributed by atoms with Crippen LogP contribution in [0.2, 0.25) is 0 Å². The highest BCUT2D eigenvalue weighted by Crippen LogP contribution is 2.10. The summed E-state index contributed by atoms with van der Waals surface area (Å²) in [6, 6.07) is 1.08. The van der Waals surface area contributed by atoms with E-state index in [-0.39, 0.29) is 11.7 Å². The molecule has 1 fully saturated rings. The highest BCUT2D eigenvalue weighted by atomic mass is 16.4. The standard InChI is InChI=1S/C10H13N3O3/c14-9(15)8-4-7-13(11-8)10(16)12-5-2-1-3-6-12/h4,7H,1-3,5-6H2,(H,14,15). The molecule has 2 heterocycles. The molecule has 0 aromatic carbocycles. The highest BCUT2D eigenvalue weighted by molar-refractivity contribution is 5.86. The number of hydrogen-bond donors (Lipinski definition) is 1. The first-order valence-corrected chi connectivity index (χ1v) is 5.27. The first kappa shape index (κ1) is 10.7. The fraction of sp³-hybridized carbons (Fsp3) is 0.500. The summed E-state index contributed by atoms with van der Waals surface area (Å²) in [5, 5.41) is 12.4. The molecule has 0 atom stereocenters. The number of amides is 1. The lowest BCUT2D eigenvalue weighted by molar-refractivity contribution is 0.0690. The van der Waals surface area contributed by atoms with Crippen molar-refractivity contribution in [2.75, 3.05) is 13.1 Å². The highest BCUT2D eigenvalue weighted by Gasteiger charge is 2.19. The van der Waals surface area contributed by atoms with E-state index in [2.05, 4.69) is 5.10 Å². The van der Waals surface area contributed by atoms with Gasteiger partial charge in [0.1, 0.15) is 0 Å². The molecule has 2 rings (SSSR count). The van der Waals surface area contributed by atoms with Gasteiger partial charge in [0, 0.05) is 19.3 Å². The number of nitrogens with zero attached hydrogens (tertiary/aromatic N) is 3. The number of aromatic carboxylic acids is 1. The molecule has 0 saturated carbocycles. The zero-order chi connectivity index (χ0) is 11.5. The Morgan fingerprint density at radius 3 is 2.50 bits per heavy atom. The van der Waals surface area contributed by atoms with E-state index in [0.717, 1.165) is 37.0 Å². The average molecular weight is 223 g/mol. The van der Waals surface area contributed by atoms with Crippen molar-refractivity contribution in [3.8, 4) is 0 Å². The molecular weight excluding hydrogens is 210 g/mol. The zero-order valence-electron chi connectivity index (χ0n) is 8.80. The molecule has 0 radical (unpaired) electrons. The molecule has 86 valence electrons. The third-order valence-electron chi connectivity index (χ3n) is 2.63. The molecule has 0 unspecified atom stereocenters. The molecule has 1 aromatic heterocycles. The second-order valence-corrected chi connectivity index (χ2v) is 3.78. The zero-order valence-corrected chi connectivity index (χ0v) is 8.80. The molecule has 0 bridgehead atoms. The quantitative estimate of drug-likeness (QED) is 0.771. The Labute approximate surface area is 92.5 Å². The van der Waals surface area contributed by atoms with Gasteiger partial charge in [0.15, 0.2) is 5.69 Å². The van der Waals surface area contributed by atoms with Crippen molar-refractivity contribution in [3.63, 3.8) is 0 Å². The van der Waals surface area contributed by atoms with E-state index in [1.807, 2.05) is 0 Å². The number of carboxylic acids is 1. The minimum atomic E-state index is -1.12. The van der Waals surface area contributed by atoms with E-state index in [1.165, 1.54) is 12.3 Å². The predicted octanol–water partition coefficient (Wildman–Crippen LogP) is 1.04. The van der Waals surface area contributed by atoms with Gasteiger partial charge in [0.05, 0.1) is 0 Å². The average Bonchev–Trinajstić information content (AvgIpc) is 2.78. The number of carbonyl (C=O) groups excluding carboxylic acids is 1. The summed E-state index contributed by atoms with van der Waals surface area (Å²) in [5.74, 6) is -1.12. The molecule has 1 saturated heterocycles. The lowest BCUT2D eigenvalue weighted by Crippen LogP contribution is -2.38. The molecule has 6 heteroatoms. The van der Waals surface area contributed by atoms with Crippen LogP contribution in [-0.4, -0.2) is 44.9 Å². The van der Waals surface area contributed by atoms with Crippen molar-refractivity contribution in [1.29, 1.82) is 0 Å². The van der Waals surface area contributed by atoms with Gasteiger partial charge >= 0.3 is 12.0 Å². The third kappa shape index (κ3) is 2.05. The Hall–Kier alpha value is -1.85. The molecule has 16 heavy (non-hydrogen) atoms. The van der Waals surface area contributed by atoms with Crippen LogP contribution in [0, 0.1) is 0 Å². The van der Waals surface area contributed by atoms with Crippen LogP contribution in [0.5, 0.6) is 0 Å². The van der Waals surface area contributed by atoms with Gasteiger partial charge in [0.2, 0.25) is 0 Å². The van der Waals surface area contributed by atoms with Gasteiger partial charge in [0.25, 0.3) is 0 Å². The number of carboxylic acid groups (broad SMARTS) is 1. The summed E-state index contributed by atoms with van der Waals surface area (Å²) < 4.78 is 1.09. The number of likely N-dealkylation sites (tertiary alicyclic amines) is 1.